The molecule has 2 aliphatic rings. The average molecular weight is 505 g/mol. The van der Waals surface area contributed by atoms with Crippen LogP contribution in [-0.4, -0.2) is 15.9 Å². The Kier molecular flexibility index (Phi) is 7.11. The second kappa shape index (κ2) is 10.6. The minimum atomic E-state index is -0.351. The van der Waals surface area contributed by atoms with Gasteiger partial charge in [0.2, 0.25) is 0 Å². The fourth-order valence-corrected chi connectivity index (χ4v) is 4.89. The van der Waals surface area contributed by atoms with Crippen molar-refractivity contribution in [3.8, 4) is 5.69 Å². The Morgan fingerprint density at radius 3 is 2.64 bits per heavy atom. The number of rotatable bonds is 8. The lowest BCUT2D eigenvalue weighted by Crippen LogP contribution is -2.33. The molecule has 0 spiro atoms. The molecule has 1 aromatic heterocycles. The maximum atomic E-state index is 14.9. The molecule has 0 bridgehead atoms. The molecule has 36 heavy (non-hydrogen) atoms. The molecule has 8 heteroatoms. The van der Waals surface area contributed by atoms with E-state index >= 15 is 0 Å². The van der Waals surface area contributed by atoms with Gasteiger partial charge in [0, 0.05) is 17.0 Å². The molecular weight excluding hydrogens is 475 g/mol. The minimum Gasteiger partial charge on any atom is -0.373 e. The van der Waals surface area contributed by atoms with Crippen LogP contribution in [-0.2, 0) is 6.42 Å². The molecule has 5 N–H and O–H groups in total. The van der Waals surface area contributed by atoms with Gasteiger partial charge in [-0.1, -0.05) is 37.1 Å². The van der Waals surface area contributed by atoms with Gasteiger partial charge in [-0.3, -0.25) is 0 Å². The molecule has 1 unspecified atom stereocenters. The summed E-state index contributed by atoms with van der Waals surface area (Å²) in [7, 11) is 0. The minimum absolute atomic E-state index is 0.222. The van der Waals surface area contributed by atoms with Crippen LogP contribution in [0.4, 0.5) is 15.9 Å². The van der Waals surface area contributed by atoms with Crippen molar-refractivity contribution in [3.05, 3.63) is 107 Å². The smallest absolute Gasteiger partial charge is 0.146 e. The Balaban J connectivity index is 1.31. The molecular formula is C28H30ClFN6. The van der Waals surface area contributed by atoms with Crippen molar-refractivity contribution in [3.63, 3.8) is 0 Å². The zero-order valence-electron chi connectivity index (χ0n) is 20.0. The molecule has 1 aliphatic heterocycles. The van der Waals surface area contributed by atoms with Crippen molar-refractivity contribution < 1.29 is 4.39 Å². The van der Waals surface area contributed by atoms with Crippen molar-refractivity contribution in [2.24, 2.45) is 5.73 Å². The molecule has 1 aliphatic carbocycles. The molecule has 1 fully saturated rings. The van der Waals surface area contributed by atoms with Gasteiger partial charge in [-0.05, 0) is 85.1 Å². The summed E-state index contributed by atoms with van der Waals surface area (Å²) in [6, 6.07) is 14.7. The number of nitrogens with zero attached hydrogens (tertiary/aromatic N) is 2. The van der Waals surface area contributed by atoms with Crippen molar-refractivity contribution in [1.29, 1.82) is 0 Å². The Morgan fingerprint density at radius 1 is 1.14 bits per heavy atom. The van der Waals surface area contributed by atoms with E-state index in [4.69, 9.17) is 22.4 Å². The van der Waals surface area contributed by atoms with Crippen LogP contribution in [0.25, 0.3) is 5.69 Å². The van der Waals surface area contributed by atoms with Crippen LogP contribution < -0.4 is 21.7 Å². The van der Waals surface area contributed by atoms with Gasteiger partial charge in [-0.15, -0.1) is 0 Å². The second-order valence-electron chi connectivity index (χ2n) is 9.31. The first-order valence-corrected chi connectivity index (χ1v) is 12.6. The quantitative estimate of drug-likeness (QED) is 0.294. The van der Waals surface area contributed by atoms with Gasteiger partial charge in [0.25, 0.3) is 0 Å². The summed E-state index contributed by atoms with van der Waals surface area (Å²) >= 11 is 6.09. The Bertz CT molecular complexity index is 1300. The van der Waals surface area contributed by atoms with Crippen LogP contribution in [0.5, 0.6) is 0 Å². The Hall–Kier alpha value is -3.55. The van der Waals surface area contributed by atoms with Gasteiger partial charge in [-0.25, -0.2) is 9.07 Å². The van der Waals surface area contributed by atoms with Crippen LogP contribution in [0.2, 0.25) is 5.02 Å². The number of dihydropyridines is 1. The molecule has 0 radical (unpaired) electrons. The lowest BCUT2D eigenvalue weighted by atomic mass is 10.0. The average Bonchev–Trinajstić information content (AvgIpc) is 3.52. The van der Waals surface area contributed by atoms with Crippen molar-refractivity contribution in [1.82, 2.24) is 15.1 Å². The summed E-state index contributed by atoms with van der Waals surface area (Å²) in [4.78, 5) is 0. The number of allylic oxidation sites excluding steroid dienone is 2. The van der Waals surface area contributed by atoms with Gasteiger partial charge in [0.15, 0.2) is 0 Å². The Morgan fingerprint density at radius 2 is 1.92 bits per heavy atom. The van der Waals surface area contributed by atoms with Gasteiger partial charge in [0.1, 0.15) is 17.5 Å². The van der Waals surface area contributed by atoms with Gasteiger partial charge >= 0.3 is 0 Å². The number of halogens is 2. The van der Waals surface area contributed by atoms with E-state index < -0.39 is 0 Å². The van der Waals surface area contributed by atoms with Crippen LogP contribution in [0.15, 0.2) is 84.9 Å². The van der Waals surface area contributed by atoms with Crippen LogP contribution in [0, 0.1) is 5.82 Å². The number of nitrogens with two attached hydrogens (primary N) is 1. The highest BCUT2D eigenvalue weighted by Crippen LogP contribution is 2.35. The number of anilines is 2. The largest absolute Gasteiger partial charge is 0.373 e. The fraction of sp³-hybridized carbons (Fsp3) is 0.250. The topological polar surface area (TPSA) is 79.9 Å². The summed E-state index contributed by atoms with van der Waals surface area (Å²) in [5.74, 6) is 1.31. The second-order valence-corrected chi connectivity index (χ2v) is 9.75. The zero-order chi connectivity index (χ0) is 25.1. The number of aromatic nitrogens is 2. The summed E-state index contributed by atoms with van der Waals surface area (Å²) in [5.41, 5.74) is 10.1. The van der Waals surface area contributed by atoms with E-state index in [2.05, 4.69) is 28.6 Å². The van der Waals surface area contributed by atoms with Crippen molar-refractivity contribution in [2.45, 2.75) is 44.2 Å². The van der Waals surface area contributed by atoms with E-state index in [0.29, 0.717) is 28.9 Å². The van der Waals surface area contributed by atoms with Gasteiger partial charge in [0.05, 0.1) is 23.2 Å². The van der Waals surface area contributed by atoms with E-state index in [1.807, 2.05) is 53.4 Å². The molecule has 6 nitrogen and oxygen atoms in total. The normalized spacial score (nSPS) is 17.5. The fourth-order valence-electron chi connectivity index (χ4n) is 4.76. The van der Waals surface area contributed by atoms with Gasteiger partial charge in [-0.2, -0.15) is 5.10 Å². The molecule has 0 saturated heterocycles. The SMILES string of the molecule is C=C(Nc1ccc(CC2=CC(N)NC=C2)cc1F)Nc1cc(C2CCCC2)nn1-c1ccc(Cl)cc1. The summed E-state index contributed by atoms with van der Waals surface area (Å²) in [6.07, 6.45) is 10.8. The molecule has 1 atom stereocenters. The van der Waals surface area contributed by atoms with Crippen molar-refractivity contribution >= 4 is 23.1 Å². The monoisotopic (exact) mass is 504 g/mol. The molecule has 5 rings (SSSR count). The number of hydrogen-bond acceptors (Lipinski definition) is 5. The summed E-state index contributed by atoms with van der Waals surface area (Å²) in [5, 5.41) is 14.9. The third kappa shape index (κ3) is 5.64. The maximum Gasteiger partial charge on any atom is 0.146 e. The van der Waals surface area contributed by atoms with E-state index in [1.54, 1.807) is 6.07 Å². The molecule has 3 aromatic rings. The number of nitrogens with one attached hydrogen (secondary N) is 3. The highest BCUT2D eigenvalue weighted by Gasteiger charge is 2.22. The first-order chi connectivity index (χ1) is 17.4. The van der Waals surface area contributed by atoms with Crippen LogP contribution in [0.1, 0.15) is 42.9 Å². The molecule has 2 aromatic carbocycles. The number of hydrogen-bond donors (Lipinski definition) is 4. The zero-order valence-corrected chi connectivity index (χ0v) is 20.7. The highest BCUT2D eigenvalue weighted by atomic mass is 35.5. The predicted octanol–water partition coefficient (Wildman–Crippen LogP) is 6.19. The third-order valence-electron chi connectivity index (χ3n) is 6.56. The third-order valence-corrected chi connectivity index (χ3v) is 6.81. The van der Waals surface area contributed by atoms with E-state index in [-0.39, 0.29) is 12.0 Å². The van der Waals surface area contributed by atoms with E-state index in [1.165, 1.54) is 18.9 Å². The van der Waals surface area contributed by atoms with Gasteiger partial charge < -0.3 is 21.7 Å². The predicted molar refractivity (Wildman–Crippen MR) is 145 cm³/mol. The highest BCUT2D eigenvalue weighted by molar-refractivity contribution is 6.30. The standard InChI is InChI=1S/C28H30ClFN6/c1-18(33-25-11-6-19(15-24(25)30)14-20-12-13-32-27(31)16-20)34-28-17-26(21-4-2-3-5-21)35-36(28)23-9-7-22(29)8-10-23/h6-13,15-17,21,27,32-34H,1-5,14,31H2. The molecule has 1 saturated carbocycles. The maximum absolute atomic E-state index is 14.9. The van der Waals surface area contributed by atoms with E-state index in [9.17, 15) is 4.39 Å². The number of benzene rings is 2. The first-order valence-electron chi connectivity index (χ1n) is 12.2. The first kappa shape index (κ1) is 24.2. The molecule has 2 heterocycles. The lowest BCUT2D eigenvalue weighted by Gasteiger charge is -2.16. The lowest BCUT2D eigenvalue weighted by molar-refractivity contribution is 0.629. The summed E-state index contributed by atoms with van der Waals surface area (Å²) in [6.45, 7) is 4.08. The van der Waals surface area contributed by atoms with Crippen LogP contribution in [0.3, 0.4) is 0 Å². The Labute approximate surface area is 215 Å². The molecule has 186 valence electrons. The molecule has 0 amide bonds. The van der Waals surface area contributed by atoms with Crippen molar-refractivity contribution in [2.75, 3.05) is 10.6 Å². The van der Waals surface area contributed by atoms with E-state index in [0.717, 1.165) is 41.2 Å². The van der Waals surface area contributed by atoms with Crippen LogP contribution >= 0.6 is 11.6 Å². The summed E-state index contributed by atoms with van der Waals surface area (Å²) < 4.78 is 16.8.